The van der Waals surface area contributed by atoms with Gasteiger partial charge in [0.05, 0.1) is 34.1 Å². The van der Waals surface area contributed by atoms with Gasteiger partial charge in [0.1, 0.15) is 11.6 Å². The summed E-state index contributed by atoms with van der Waals surface area (Å²) in [5.74, 6) is 1.74. The van der Waals surface area contributed by atoms with Crippen molar-refractivity contribution in [3.05, 3.63) is 54.1 Å². The van der Waals surface area contributed by atoms with Gasteiger partial charge >= 0.3 is 0 Å². The minimum atomic E-state index is 0.257. The van der Waals surface area contributed by atoms with Crippen LogP contribution >= 0.6 is 0 Å². The zero-order valence-corrected chi connectivity index (χ0v) is 16.1. The van der Waals surface area contributed by atoms with Crippen LogP contribution in [0.4, 0.5) is 0 Å². The molecule has 0 atom stereocenters. The van der Waals surface area contributed by atoms with Gasteiger partial charge in [-0.3, -0.25) is 0 Å². The van der Waals surface area contributed by atoms with Gasteiger partial charge in [-0.15, -0.1) is 0 Å². The topological polar surface area (TPSA) is 73.6 Å². The molecule has 0 aliphatic rings. The molecule has 6 heteroatoms. The van der Waals surface area contributed by atoms with Gasteiger partial charge in [0.25, 0.3) is 0 Å². The van der Waals surface area contributed by atoms with Gasteiger partial charge in [0, 0.05) is 11.1 Å². The van der Waals surface area contributed by atoms with E-state index in [1.165, 1.54) is 7.11 Å². The number of pyridine rings is 1. The standard InChI is InChI=1S/C22H20N2O4/c1-25-19-10-15(11-20(26-2)21(19)27-3)16-12-18(14-8-6-5-7-9-14)24-22(28-4)17(16)13-23/h5-12H,1-4H3. The summed E-state index contributed by atoms with van der Waals surface area (Å²) in [6, 6.07) is 17.3. The second-order valence-electron chi connectivity index (χ2n) is 5.83. The average Bonchev–Trinajstić information content (AvgIpc) is 2.77. The lowest BCUT2D eigenvalue weighted by Crippen LogP contribution is -1.99. The Morgan fingerprint density at radius 3 is 1.93 bits per heavy atom. The van der Waals surface area contributed by atoms with Crippen LogP contribution in [0, 0.1) is 11.3 Å². The number of methoxy groups -OCH3 is 4. The van der Waals surface area contributed by atoms with Crippen molar-refractivity contribution in [3.63, 3.8) is 0 Å². The van der Waals surface area contributed by atoms with Crippen molar-refractivity contribution in [2.45, 2.75) is 0 Å². The SMILES string of the molecule is COc1cc(-c2cc(-c3ccccc3)nc(OC)c2C#N)cc(OC)c1OC. The van der Waals surface area contributed by atoms with Crippen LogP contribution in [-0.2, 0) is 0 Å². The molecule has 1 aromatic heterocycles. The van der Waals surface area contributed by atoms with Gasteiger partial charge in [0.2, 0.25) is 11.6 Å². The molecule has 142 valence electrons. The minimum absolute atomic E-state index is 0.257. The lowest BCUT2D eigenvalue weighted by Gasteiger charge is -2.16. The van der Waals surface area contributed by atoms with E-state index < -0.39 is 0 Å². The molecule has 0 fully saturated rings. The molecule has 0 bridgehead atoms. The highest BCUT2D eigenvalue weighted by molar-refractivity contribution is 5.80. The van der Waals surface area contributed by atoms with Crippen LogP contribution in [0.15, 0.2) is 48.5 Å². The van der Waals surface area contributed by atoms with Crippen molar-refractivity contribution in [1.29, 1.82) is 5.26 Å². The Bertz CT molecular complexity index is 1000. The first kappa shape index (κ1) is 19.1. The minimum Gasteiger partial charge on any atom is -0.493 e. The number of rotatable bonds is 6. The van der Waals surface area contributed by atoms with Gasteiger partial charge in [-0.05, 0) is 23.8 Å². The molecule has 2 aromatic carbocycles. The van der Waals surface area contributed by atoms with Crippen molar-refractivity contribution in [2.24, 2.45) is 0 Å². The van der Waals surface area contributed by atoms with Crippen LogP contribution < -0.4 is 18.9 Å². The zero-order valence-electron chi connectivity index (χ0n) is 16.1. The monoisotopic (exact) mass is 376 g/mol. The van der Waals surface area contributed by atoms with E-state index in [0.717, 1.165) is 11.1 Å². The summed E-state index contributed by atoms with van der Waals surface area (Å²) in [6.45, 7) is 0. The van der Waals surface area contributed by atoms with E-state index in [0.29, 0.717) is 34.1 Å². The smallest absolute Gasteiger partial charge is 0.232 e. The largest absolute Gasteiger partial charge is 0.493 e. The number of hydrogen-bond donors (Lipinski definition) is 0. The first-order valence-corrected chi connectivity index (χ1v) is 8.51. The number of hydrogen-bond acceptors (Lipinski definition) is 6. The lowest BCUT2D eigenvalue weighted by molar-refractivity contribution is 0.324. The first-order chi connectivity index (χ1) is 13.7. The summed E-state index contributed by atoms with van der Waals surface area (Å²) < 4.78 is 21.7. The predicted molar refractivity (Wildman–Crippen MR) is 106 cm³/mol. The molecule has 28 heavy (non-hydrogen) atoms. The van der Waals surface area contributed by atoms with Crippen molar-refractivity contribution < 1.29 is 18.9 Å². The summed E-state index contributed by atoms with van der Waals surface area (Å²) in [7, 11) is 6.14. The van der Waals surface area contributed by atoms with E-state index in [1.54, 1.807) is 33.5 Å². The quantitative estimate of drug-likeness (QED) is 0.638. The fourth-order valence-electron chi connectivity index (χ4n) is 3.00. The Hall–Kier alpha value is -3.72. The Morgan fingerprint density at radius 2 is 1.43 bits per heavy atom. The van der Waals surface area contributed by atoms with Gasteiger partial charge in [-0.25, -0.2) is 4.98 Å². The predicted octanol–water partition coefficient (Wildman–Crippen LogP) is 4.32. The van der Waals surface area contributed by atoms with E-state index in [4.69, 9.17) is 18.9 Å². The third-order valence-corrected chi connectivity index (χ3v) is 4.34. The highest BCUT2D eigenvalue weighted by Crippen LogP contribution is 2.43. The molecule has 0 aliphatic carbocycles. The van der Waals surface area contributed by atoms with Crippen LogP contribution in [0.2, 0.25) is 0 Å². The van der Waals surface area contributed by atoms with Crippen molar-refractivity contribution in [2.75, 3.05) is 28.4 Å². The molecular formula is C22H20N2O4. The average molecular weight is 376 g/mol. The van der Waals surface area contributed by atoms with E-state index in [2.05, 4.69) is 11.1 Å². The number of ether oxygens (including phenoxy) is 4. The maximum atomic E-state index is 9.75. The second-order valence-corrected chi connectivity index (χ2v) is 5.83. The molecule has 0 unspecified atom stereocenters. The normalized spacial score (nSPS) is 10.1. The molecule has 1 heterocycles. The number of nitrogens with zero attached hydrogens (tertiary/aromatic N) is 2. The van der Waals surface area contributed by atoms with E-state index >= 15 is 0 Å². The number of nitriles is 1. The molecule has 3 aromatic rings. The zero-order chi connectivity index (χ0) is 20.1. The number of benzene rings is 2. The lowest BCUT2D eigenvalue weighted by atomic mass is 9.98. The highest BCUT2D eigenvalue weighted by atomic mass is 16.5. The summed E-state index contributed by atoms with van der Waals surface area (Å²) >= 11 is 0. The Labute approximate surface area is 163 Å². The van der Waals surface area contributed by atoms with Gasteiger partial charge < -0.3 is 18.9 Å². The Kier molecular flexibility index (Phi) is 5.66. The van der Waals surface area contributed by atoms with E-state index in [9.17, 15) is 5.26 Å². The Balaban J connectivity index is 2.30. The van der Waals surface area contributed by atoms with Crippen molar-refractivity contribution in [3.8, 4) is 51.6 Å². The van der Waals surface area contributed by atoms with Gasteiger partial charge in [-0.2, -0.15) is 5.26 Å². The summed E-state index contributed by atoms with van der Waals surface area (Å²) in [4.78, 5) is 4.51. The van der Waals surface area contributed by atoms with Crippen LogP contribution in [0.25, 0.3) is 22.4 Å². The highest BCUT2D eigenvalue weighted by Gasteiger charge is 2.20. The van der Waals surface area contributed by atoms with Gasteiger partial charge in [-0.1, -0.05) is 30.3 Å². The van der Waals surface area contributed by atoms with E-state index in [1.807, 2.05) is 36.4 Å². The van der Waals surface area contributed by atoms with Gasteiger partial charge in [0.15, 0.2) is 11.5 Å². The molecule has 0 radical (unpaired) electrons. The third kappa shape index (κ3) is 3.42. The molecule has 3 rings (SSSR count). The molecular weight excluding hydrogens is 356 g/mol. The summed E-state index contributed by atoms with van der Waals surface area (Å²) in [6.07, 6.45) is 0. The fourth-order valence-corrected chi connectivity index (χ4v) is 3.00. The summed E-state index contributed by atoms with van der Waals surface area (Å²) in [5, 5.41) is 9.75. The fraction of sp³-hybridized carbons (Fsp3) is 0.182. The molecule has 0 aliphatic heterocycles. The molecule has 0 saturated carbocycles. The van der Waals surface area contributed by atoms with Crippen LogP contribution in [0.5, 0.6) is 23.1 Å². The number of aromatic nitrogens is 1. The maximum absolute atomic E-state index is 9.75. The second kappa shape index (κ2) is 8.31. The molecule has 0 amide bonds. The van der Waals surface area contributed by atoms with Crippen molar-refractivity contribution >= 4 is 0 Å². The Morgan fingerprint density at radius 1 is 0.786 bits per heavy atom. The summed E-state index contributed by atoms with van der Waals surface area (Å²) in [5.41, 5.74) is 3.33. The maximum Gasteiger partial charge on any atom is 0.232 e. The molecule has 0 spiro atoms. The van der Waals surface area contributed by atoms with Crippen LogP contribution in [-0.4, -0.2) is 33.4 Å². The van der Waals surface area contributed by atoms with Crippen molar-refractivity contribution in [1.82, 2.24) is 4.98 Å². The van der Waals surface area contributed by atoms with E-state index in [-0.39, 0.29) is 5.88 Å². The first-order valence-electron chi connectivity index (χ1n) is 8.51. The van der Waals surface area contributed by atoms with Crippen LogP contribution in [0.3, 0.4) is 0 Å². The van der Waals surface area contributed by atoms with Crippen LogP contribution in [0.1, 0.15) is 5.56 Å². The molecule has 0 saturated heterocycles. The third-order valence-electron chi connectivity index (χ3n) is 4.34. The molecule has 0 N–H and O–H groups in total. The molecule has 6 nitrogen and oxygen atoms in total.